The summed E-state index contributed by atoms with van der Waals surface area (Å²) < 4.78 is 55.1. The predicted molar refractivity (Wildman–Crippen MR) is 72.2 cm³/mol. The van der Waals surface area contributed by atoms with E-state index in [1.165, 1.54) is 6.92 Å². The molecule has 0 radical (unpaired) electrons. The molecule has 0 saturated heterocycles. The highest BCUT2D eigenvalue weighted by atomic mass is 32.2. The van der Waals surface area contributed by atoms with Crippen molar-refractivity contribution >= 4 is 20.2 Å². The van der Waals surface area contributed by atoms with E-state index in [4.69, 9.17) is 19.3 Å². The Labute approximate surface area is 115 Å². The fourth-order valence-electron chi connectivity index (χ4n) is 0.516. The molecule has 0 amide bonds. The minimum Gasteiger partial charge on any atom is -0.394 e. The van der Waals surface area contributed by atoms with Gasteiger partial charge >= 0.3 is 0 Å². The van der Waals surface area contributed by atoms with Gasteiger partial charge < -0.3 is 10.2 Å². The van der Waals surface area contributed by atoms with Crippen LogP contribution in [0.1, 0.15) is 33.6 Å². The summed E-state index contributed by atoms with van der Waals surface area (Å²) in [5.41, 5.74) is 0. The Morgan fingerprint density at radius 1 is 0.895 bits per heavy atom. The zero-order valence-electron chi connectivity index (χ0n) is 11.4. The van der Waals surface area contributed by atoms with Crippen LogP contribution in [0.2, 0.25) is 0 Å². The quantitative estimate of drug-likeness (QED) is 0.513. The lowest BCUT2D eigenvalue weighted by Crippen LogP contribution is -2.03. The minimum atomic E-state index is -3.67. The summed E-state index contributed by atoms with van der Waals surface area (Å²) in [6.45, 7) is 4.77. The lowest BCUT2D eigenvalue weighted by atomic mass is 10.5. The first-order chi connectivity index (χ1) is 8.39. The van der Waals surface area contributed by atoms with Crippen LogP contribution in [0.15, 0.2) is 0 Å². The molecule has 0 spiro atoms. The molecule has 0 heterocycles. The summed E-state index contributed by atoms with van der Waals surface area (Å²) in [6.07, 6.45) is 0.382. The first-order valence-corrected chi connectivity index (χ1v) is 8.80. The van der Waals surface area contributed by atoms with Crippen molar-refractivity contribution in [2.24, 2.45) is 0 Å². The van der Waals surface area contributed by atoms with Crippen LogP contribution in [0, 0.1) is 0 Å². The average Bonchev–Trinajstić information content (AvgIpc) is 2.15. The van der Waals surface area contributed by atoms with Crippen molar-refractivity contribution in [1.82, 2.24) is 0 Å². The summed E-state index contributed by atoms with van der Waals surface area (Å²) in [7, 11) is -7.35. The van der Waals surface area contributed by atoms with Gasteiger partial charge in [0.2, 0.25) is 0 Å². The maximum Gasteiger partial charge on any atom is 0.264 e. The van der Waals surface area contributed by atoms with E-state index in [2.05, 4.69) is 0 Å². The van der Waals surface area contributed by atoms with Crippen molar-refractivity contribution in [1.29, 1.82) is 0 Å². The number of hydrogen-bond donors (Lipinski definition) is 4. The maximum atomic E-state index is 9.79. The van der Waals surface area contributed by atoms with E-state index in [-0.39, 0.29) is 18.1 Å². The zero-order chi connectivity index (χ0) is 16.1. The molecular formula is C9H24O8S2. The summed E-state index contributed by atoms with van der Waals surface area (Å²) >= 11 is 0. The highest BCUT2D eigenvalue weighted by Gasteiger charge is 1.98. The van der Waals surface area contributed by atoms with Crippen molar-refractivity contribution in [3.8, 4) is 0 Å². The maximum absolute atomic E-state index is 9.79. The Morgan fingerprint density at radius 3 is 1.11 bits per heavy atom. The SMILES string of the molecule is CC(O)CO.CCCS(=O)(=O)O.CCCS(=O)(=O)O. The molecule has 0 rings (SSSR count). The highest BCUT2D eigenvalue weighted by molar-refractivity contribution is 7.86. The Balaban J connectivity index is -0.000000206. The second kappa shape index (κ2) is 12.8. The van der Waals surface area contributed by atoms with Crippen LogP contribution in [0.25, 0.3) is 0 Å². The third kappa shape index (κ3) is 46.3. The molecule has 4 N–H and O–H groups in total. The molecular weight excluding hydrogens is 300 g/mol. The first-order valence-electron chi connectivity index (χ1n) is 5.58. The molecule has 10 heteroatoms. The lowest BCUT2D eigenvalue weighted by molar-refractivity contribution is 0.110. The van der Waals surface area contributed by atoms with E-state index in [0.29, 0.717) is 12.8 Å². The molecule has 1 unspecified atom stereocenters. The third-order valence-corrected chi connectivity index (χ3v) is 3.04. The first kappa shape index (κ1) is 23.8. The summed E-state index contributed by atoms with van der Waals surface area (Å²) in [5.74, 6) is -0.264. The van der Waals surface area contributed by atoms with Crippen molar-refractivity contribution in [2.45, 2.75) is 39.7 Å². The fourth-order valence-corrected chi connectivity index (χ4v) is 1.55. The number of rotatable bonds is 5. The number of aliphatic hydroxyl groups is 2. The molecule has 8 nitrogen and oxygen atoms in total. The van der Waals surface area contributed by atoms with Gasteiger partial charge in [0.1, 0.15) is 0 Å². The van der Waals surface area contributed by atoms with Crippen LogP contribution in [-0.2, 0) is 20.2 Å². The summed E-state index contributed by atoms with van der Waals surface area (Å²) in [4.78, 5) is 0. The average molecular weight is 324 g/mol. The van der Waals surface area contributed by atoms with Gasteiger partial charge in [-0.2, -0.15) is 16.8 Å². The highest BCUT2D eigenvalue weighted by Crippen LogP contribution is 1.84. The molecule has 120 valence electrons. The Kier molecular flexibility index (Phi) is 16.0. The molecule has 0 aliphatic heterocycles. The molecule has 19 heavy (non-hydrogen) atoms. The van der Waals surface area contributed by atoms with Gasteiger partial charge in [-0.15, -0.1) is 0 Å². The van der Waals surface area contributed by atoms with Gasteiger partial charge in [-0.3, -0.25) is 9.11 Å². The van der Waals surface area contributed by atoms with Crippen molar-refractivity contribution in [2.75, 3.05) is 18.1 Å². The van der Waals surface area contributed by atoms with Crippen LogP contribution in [0.4, 0.5) is 0 Å². The van der Waals surface area contributed by atoms with Crippen LogP contribution in [-0.4, -0.2) is 60.4 Å². The van der Waals surface area contributed by atoms with E-state index in [1.807, 2.05) is 0 Å². The van der Waals surface area contributed by atoms with E-state index in [0.717, 1.165) is 0 Å². The summed E-state index contributed by atoms with van der Waals surface area (Å²) in [5, 5.41) is 16.0. The van der Waals surface area contributed by atoms with Crippen molar-refractivity contribution in [3.05, 3.63) is 0 Å². The summed E-state index contributed by atoms with van der Waals surface area (Å²) in [6, 6.07) is 0. The van der Waals surface area contributed by atoms with Crippen LogP contribution in [0.3, 0.4) is 0 Å². The Morgan fingerprint density at radius 2 is 1.11 bits per heavy atom. The molecule has 0 aromatic carbocycles. The number of hydrogen-bond acceptors (Lipinski definition) is 6. The molecule has 0 aromatic rings. The van der Waals surface area contributed by atoms with Crippen LogP contribution >= 0.6 is 0 Å². The smallest absolute Gasteiger partial charge is 0.264 e. The fraction of sp³-hybridized carbons (Fsp3) is 1.00. The standard InChI is InChI=1S/2C3H8O3S.C3H8O2/c2*1-2-3-7(4,5)6;1-3(5)2-4/h2*2-3H2,1H3,(H,4,5,6);3-5H,2H2,1H3. The van der Waals surface area contributed by atoms with E-state index in [1.54, 1.807) is 13.8 Å². The van der Waals surface area contributed by atoms with E-state index in [9.17, 15) is 16.8 Å². The van der Waals surface area contributed by atoms with Crippen molar-refractivity contribution in [3.63, 3.8) is 0 Å². The molecule has 0 saturated carbocycles. The van der Waals surface area contributed by atoms with Gasteiger partial charge in [0.05, 0.1) is 24.2 Å². The van der Waals surface area contributed by atoms with Crippen LogP contribution < -0.4 is 0 Å². The zero-order valence-corrected chi connectivity index (χ0v) is 13.0. The monoisotopic (exact) mass is 324 g/mol. The van der Waals surface area contributed by atoms with E-state index >= 15 is 0 Å². The minimum absolute atomic E-state index is 0.132. The van der Waals surface area contributed by atoms with Gasteiger partial charge in [-0.25, -0.2) is 0 Å². The number of aliphatic hydroxyl groups excluding tert-OH is 2. The molecule has 0 aromatic heterocycles. The Hall–Kier alpha value is -0.260. The predicted octanol–water partition coefficient (Wildman–Crippen LogP) is -0.0721. The van der Waals surface area contributed by atoms with Gasteiger partial charge in [0.25, 0.3) is 20.2 Å². The Bertz CT molecular complexity index is 337. The molecule has 0 aliphatic rings. The normalized spacial score (nSPS) is 12.6. The largest absolute Gasteiger partial charge is 0.394 e. The van der Waals surface area contributed by atoms with Gasteiger partial charge in [-0.1, -0.05) is 13.8 Å². The van der Waals surface area contributed by atoms with Crippen LogP contribution in [0.5, 0.6) is 0 Å². The van der Waals surface area contributed by atoms with Gasteiger partial charge in [0.15, 0.2) is 0 Å². The lowest BCUT2D eigenvalue weighted by Gasteiger charge is -1.90. The third-order valence-electron chi connectivity index (χ3n) is 1.19. The van der Waals surface area contributed by atoms with Crippen molar-refractivity contribution < 1.29 is 36.2 Å². The molecule has 0 bridgehead atoms. The molecule has 0 fully saturated rings. The molecule has 0 aliphatic carbocycles. The molecule has 1 atom stereocenters. The second-order valence-electron chi connectivity index (χ2n) is 3.60. The topological polar surface area (TPSA) is 149 Å². The van der Waals surface area contributed by atoms with Gasteiger partial charge in [0, 0.05) is 0 Å². The van der Waals surface area contributed by atoms with E-state index < -0.39 is 26.3 Å². The second-order valence-corrected chi connectivity index (χ2v) is 6.75. The van der Waals surface area contributed by atoms with Gasteiger partial charge in [-0.05, 0) is 19.8 Å².